The largest absolute Gasteiger partial charge is 0.347 e. The van der Waals surface area contributed by atoms with E-state index in [0.717, 1.165) is 43.3 Å². The minimum atomic E-state index is -0.935. The summed E-state index contributed by atoms with van der Waals surface area (Å²) >= 11 is 1.08. The smallest absolute Gasteiger partial charge is 0.263 e. The van der Waals surface area contributed by atoms with Gasteiger partial charge < -0.3 is 5.32 Å². The lowest BCUT2D eigenvalue weighted by molar-refractivity contribution is 0.0218. The predicted octanol–water partition coefficient (Wildman–Crippen LogP) is 3.30. The fourth-order valence-corrected chi connectivity index (χ4v) is 4.78. The maximum Gasteiger partial charge on any atom is 0.263 e. The van der Waals surface area contributed by atoms with Gasteiger partial charge in [0.2, 0.25) is 0 Å². The second-order valence-electron chi connectivity index (χ2n) is 6.74. The first-order chi connectivity index (χ1) is 12.0. The van der Waals surface area contributed by atoms with Gasteiger partial charge in [0, 0.05) is 17.6 Å². The third-order valence-corrected chi connectivity index (χ3v) is 6.42. The molecule has 25 heavy (non-hydrogen) atoms. The molecule has 132 valence electrons. The van der Waals surface area contributed by atoms with Crippen molar-refractivity contribution in [3.05, 3.63) is 40.9 Å². The van der Waals surface area contributed by atoms with Crippen molar-refractivity contribution in [3.63, 3.8) is 0 Å². The number of amides is 1. The molecule has 7 heteroatoms. The van der Waals surface area contributed by atoms with Gasteiger partial charge in [-0.25, -0.2) is 13.8 Å². The molecule has 4 heterocycles. The van der Waals surface area contributed by atoms with Crippen molar-refractivity contribution in [2.45, 2.75) is 31.8 Å². The average molecular weight is 363 g/mol. The Morgan fingerprint density at radius 1 is 1.32 bits per heavy atom. The van der Waals surface area contributed by atoms with E-state index in [0.29, 0.717) is 21.8 Å². The first kappa shape index (κ1) is 16.6. The molecule has 1 N–H and O–H groups in total. The van der Waals surface area contributed by atoms with Gasteiger partial charge in [-0.1, -0.05) is 6.07 Å². The highest BCUT2D eigenvalue weighted by molar-refractivity contribution is 7.16. The van der Waals surface area contributed by atoms with Crippen LogP contribution in [0.5, 0.6) is 0 Å². The van der Waals surface area contributed by atoms with Gasteiger partial charge in [0.15, 0.2) is 11.6 Å². The van der Waals surface area contributed by atoms with E-state index in [1.807, 2.05) is 0 Å². The number of nitrogens with one attached hydrogen (secondary N) is 1. The van der Waals surface area contributed by atoms with Gasteiger partial charge in [0.05, 0.1) is 6.20 Å². The summed E-state index contributed by atoms with van der Waals surface area (Å²) in [5.74, 6) is -1.53. The first-order valence-corrected chi connectivity index (χ1v) is 9.31. The number of carbonyl (C=O) groups is 1. The predicted molar refractivity (Wildman–Crippen MR) is 92.5 cm³/mol. The van der Waals surface area contributed by atoms with Crippen LogP contribution >= 0.6 is 11.3 Å². The molecule has 3 aliphatic heterocycles. The highest BCUT2D eigenvalue weighted by Crippen LogP contribution is 2.33. The molecule has 2 atom stereocenters. The quantitative estimate of drug-likeness (QED) is 0.910. The van der Waals surface area contributed by atoms with Crippen LogP contribution in [0.4, 0.5) is 8.78 Å². The third kappa shape index (κ3) is 2.95. The van der Waals surface area contributed by atoms with E-state index >= 15 is 0 Å². The summed E-state index contributed by atoms with van der Waals surface area (Å²) in [6.07, 6.45) is 3.65. The molecule has 0 spiro atoms. The highest BCUT2D eigenvalue weighted by Gasteiger charge is 2.40. The van der Waals surface area contributed by atoms with Gasteiger partial charge in [0.25, 0.3) is 5.91 Å². The second kappa shape index (κ2) is 6.46. The SMILES string of the molecule is C[C@H]1[C@H](NC(=O)c2cnc(-c3cccc(F)c3F)s2)C2CCN1CC2. The van der Waals surface area contributed by atoms with Gasteiger partial charge in [0.1, 0.15) is 9.88 Å². The zero-order chi connectivity index (χ0) is 17.6. The Bertz CT molecular complexity index is 799. The van der Waals surface area contributed by atoms with Crippen LogP contribution in [-0.2, 0) is 0 Å². The fourth-order valence-electron chi connectivity index (χ4n) is 3.94. The van der Waals surface area contributed by atoms with Crippen molar-refractivity contribution in [2.24, 2.45) is 5.92 Å². The Labute approximate surface area is 148 Å². The molecule has 2 aromatic rings. The number of aromatic nitrogens is 1. The summed E-state index contributed by atoms with van der Waals surface area (Å²) in [5, 5.41) is 3.44. The monoisotopic (exact) mass is 363 g/mol. The Morgan fingerprint density at radius 3 is 2.80 bits per heavy atom. The Balaban J connectivity index is 1.52. The normalized spacial score (nSPS) is 28.1. The molecule has 0 aliphatic carbocycles. The number of fused-ring (bicyclic) bond motifs is 3. The van der Waals surface area contributed by atoms with Crippen LogP contribution in [0, 0.1) is 17.6 Å². The number of piperidine rings is 3. The fraction of sp³-hybridized carbons (Fsp3) is 0.444. The van der Waals surface area contributed by atoms with Crippen molar-refractivity contribution >= 4 is 17.2 Å². The lowest BCUT2D eigenvalue weighted by Gasteiger charge is -2.49. The summed E-state index contributed by atoms with van der Waals surface area (Å²) in [5.41, 5.74) is 0.0836. The maximum atomic E-state index is 13.9. The lowest BCUT2D eigenvalue weighted by atomic mass is 9.79. The number of hydrogen-bond acceptors (Lipinski definition) is 4. The first-order valence-electron chi connectivity index (χ1n) is 8.49. The molecule has 3 aliphatic rings. The zero-order valence-electron chi connectivity index (χ0n) is 13.8. The van der Waals surface area contributed by atoms with Gasteiger partial charge in [-0.3, -0.25) is 9.69 Å². The van der Waals surface area contributed by atoms with Crippen molar-refractivity contribution in [1.82, 2.24) is 15.2 Å². The standard InChI is InChI=1S/C18H19F2N3OS/c1-10-16(11-5-7-23(10)8-6-11)22-17(24)14-9-21-18(25-14)12-3-2-4-13(19)15(12)20/h2-4,9-11,16H,5-8H2,1H3,(H,22,24)/t10-,16-/m0/s1. The number of carbonyl (C=O) groups excluding carboxylic acids is 1. The number of rotatable bonds is 3. The van der Waals surface area contributed by atoms with E-state index in [9.17, 15) is 13.6 Å². The van der Waals surface area contributed by atoms with Crippen molar-refractivity contribution in [1.29, 1.82) is 0 Å². The van der Waals surface area contributed by atoms with E-state index in [-0.39, 0.29) is 17.5 Å². The van der Waals surface area contributed by atoms with Crippen LogP contribution < -0.4 is 5.32 Å². The Kier molecular flexibility index (Phi) is 4.29. The molecule has 0 radical (unpaired) electrons. The minimum Gasteiger partial charge on any atom is -0.347 e. The second-order valence-corrected chi connectivity index (χ2v) is 7.77. The van der Waals surface area contributed by atoms with E-state index in [2.05, 4.69) is 22.1 Å². The average Bonchev–Trinajstić information content (AvgIpc) is 3.11. The van der Waals surface area contributed by atoms with E-state index in [4.69, 9.17) is 0 Å². The van der Waals surface area contributed by atoms with Crippen LogP contribution in [0.2, 0.25) is 0 Å². The van der Waals surface area contributed by atoms with Crippen LogP contribution in [0.1, 0.15) is 29.4 Å². The summed E-state index contributed by atoms with van der Waals surface area (Å²) < 4.78 is 27.3. The summed E-state index contributed by atoms with van der Waals surface area (Å²) in [6.45, 7) is 4.35. The van der Waals surface area contributed by atoms with Crippen molar-refractivity contribution < 1.29 is 13.6 Å². The number of thiazole rings is 1. The molecular formula is C18H19F2N3OS. The summed E-state index contributed by atoms with van der Waals surface area (Å²) in [7, 11) is 0. The summed E-state index contributed by atoms with van der Waals surface area (Å²) in [4.78, 5) is 19.5. The molecule has 0 saturated carbocycles. The number of hydrogen-bond donors (Lipinski definition) is 1. The number of halogens is 2. The van der Waals surface area contributed by atoms with Crippen molar-refractivity contribution in [2.75, 3.05) is 13.1 Å². The molecular weight excluding hydrogens is 344 g/mol. The molecule has 2 bridgehead atoms. The van der Waals surface area contributed by atoms with Crippen LogP contribution in [0.3, 0.4) is 0 Å². The van der Waals surface area contributed by atoms with Gasteiger partial charge in [-0.15, -0.1) is 11.3 Å². The molecule has 1 amide bonds. The minimum absolute atomic E-state index is 0.0836. The topological polar surface area (TPSA) is 45.2 Å². The van der Waals surface area contributed by atoms with Gasteiger partial charge in [-0.2, -0.15) is 0 Å². The zero-order valence-corrected chi connectivity index (χ0v) is 14.7. The van der Waals surface area contributed by atoms with E-state index in [1.165, 1.54) is 18.3 Å². The van der Waals surface area contributed by atoms with Crippen LogP contribution in [0.15, 0.2) is 24.4 Å². The Hall–Kier alpha value is -1.86. The molecule has 4 nitrogen and oxygen atoms in total. The Morgan fingerprint density at radius 2 is 2.08 bits per heavy atom. The van der Waals surface area contributed by atoms with Crippen LogP contribution in [0.25, 0.3) is 10.6 Å². The lowest BCUT2D eigenvalue weighted by Crippen LogP contribution is -2.62. The molecule has 5 rings (SSSR count). The molecule has 0 unspecified atom stereocenters. The third-order valence-electron chi connectivity index (χ3n) is 5.39. The van der Waals surface area contributed by atoms with E-state index in [1.54, 1.807) is 0 Å². The molecule has 3 saturated heterocycles. The maximum absolute atomic E-state index is 13.9. The highest BCUT2D eigenvalue weighted by atomic mass is 32.1. The van der Waals surface area contributed by atoms with Crippen molar-refractivity contribution in [3.8, 4) is 10.6 Å². The number of nitrogens with zero attached hydrogens (tertiary/aromatic N) is 2. The summed E-state index contributed by atoms with van der Waals surface area (Å²) in [6, 6.07) is 4.42. The van der Waals surface area contributed by atoms with Gasteiger partial charge in [-0.05, 0) is 50.9 Å². The number of benzene rings is 1. The molecule has 1 aromatic carbocycles. The van der Waals surface area contributed by atoms with Crippen LogP contribution in [-0.4, -0.2) is 41.0 Å². The van der Waals surface area contributed by atoms with E-state index < -0.39 is 11.6 Å². The van der Waals surface area contributed by atoms with Gasteiger partial charge >= 0.3 is 0 Å². The molecule has 3 fully saturated rings. The molecule has 1 aromatic heterocycles.